The second-order valence-electron chi connectivity index (χ2n) is 3.38. The summed E-state index contributed by atoms with van der Waals surface area (Å²) in [6.45, 7) is 0. The summed E-state index contributed by atoms with van der Waals surface area (Å²) in [5, 5.41) is 0. The van der Waals surface area contributed by atoms with E-state index in [2.05, 4.69) is 12.6 Å². The average Bonchev–Trinajstić information content (AvgIpc) is 2.61. The van der Waals surface area contributed by atoms with E-state index in [1.165, 1.54) is 0 Å². The van der Waals surface area contributed by atoms with Gasteiger partial charge in [0.25, 0.3) is 4.84 Å². The highest BCUT2D eigenvalue weighted by molar-refractivity contribution is 7.98. The van der Waals surface area contributed by atoms with E-state index in [9.17, 15) is 0 Å². The lowest BCUT2D eigenvalue weighted by atomic mass is 10.3. The third-order valence-electron chi connectivity index (χ3n) is 2.24. The summed E-state index contributed by atoms with van der Waals surface area (Å²) in [7, 11) is 0. The van der Waals surface area contributed by atoms with Gasteiger partial charge in [0.2, 0.25) is 0 Å². The van der Waals surface area contributed by atoms with Crippen LogP contribution in [0.2, 0.25) is 0 Å². The molecule has 0 radical (unpaired) electrons. The van der Waals surface area contributed by atoms with Crippen molar-refractivity contribution in [2.75, 3.05) is 11.5 Å². The summed E-state index contributed by atoms with van der Waals surface area (Å²) < 4.78 is 7.54. The number of thiol groups is 1. The van der Waals surface area contributed by atoms with Gasteiger partial charge in [0.05, 0.1) is 11.4 Å². The van der Waals surface area contributed by atoms with E-state index in [1.807, 2.05) is 40.6 Å². The lowest BCUT2D eigenvalue weighted by Crippen LogP contribution is -1.95. The molecule has 0 saturated heterocycles. The molecule has 16 heavy (non-hydrogen) atoms. The fourth-order valence-electron chi connectivity index (χ4n) is 1.46. The van der Waals surface area contributed by atoms with E-state index in [0.717, 1.165) is 34.9 Å². The standard InChI is InChI=1S/C11H13NOS3/c14-6-3-7-16-8-12-9-4-1-2-5-10(9)13-11(12)15/h1-2,4-5,14H,3,6-8H2. The van der Waals surface area contributed by atoms with Gasteiger partial charge in [-0.3, -0.25) is 4.57 Å². The zero-order chi connectivity index (χ0) is 11.4. The van der Waals surface area contributed by atoms with Crippen LogP contribution in [0.5, 0.6) is 0 Å². The van der Waals surface area contributed by atoms with Gasteiger partial charge in [0.1, 0.15) is 0 Å². The topological polar surface area (TPSA) is 18.1 Å². The number of benzene rings is 1. The van der Waals surface area contributed by atoms with Crippen molar-refractivity contribution >= 4 is 47.7 Å². The minimum atomic E-state index is 0.555. The Hall–Kier alpha value is -0.390. The van der Waals surface area contributed by atoms with Crippen LogP contribution in [0.4, 0.5) is 0 Å². The Kier molecular flexibility index (Phi) is 4.37. The van der Waals surface area contributed by atoms with Crippen molar-refractivity contribution in [2.45, 2.75) is 12.3 Å². The first kappa shape index (κ1) is 12.1. The zero-order valence-electron chi connectivity index (χ0n) is 8.76. The molecule has 0 fully saturated rings. The molecule has 86 valence electrons. The fourth-order valence-corrected chi connectivity index (χ4v) is 3.08. The van der Waals surface area contributed by atoms with E-state index < -0.39 is 0 Å². The minimum Gasteiger partial charge on any atom is -0.429 e. The van der Waals surface area contributed by atoms with E-state index in [1.54, 1.807) is 0 Å². The van der Waals surface area contributed by atoms with Gasteiger partial charge in [0.15, 0.2) is 5.58 Å². The molecule has 0 aliphatic carbocycles. The number of aromatic nitrogens is 1. The van der Waals surface area contributed by atoms with E-state index in [4.69, 9.17) is 16.6 Å². The number of fused-ring (bicyclic) bond motifs is 1. The number of oxazole rings is 1. The van der Waals surface area contributed by atoms with Crippen LogP contribution in [0.3, 0.4) is 0 Å². The third-order valence-corrected chi connectivity index (χ3v) is 3.88. The monoisotopic (exact) mass is 271 g/mol. The van der Waals surface area contributed by atoms with Gasteiger partial charge in [-0.25, -0.2) is 0 Å². The number of nitrogens with zero attached hydrogens (tertiary/aromatic N) is 1. The quantitative estimate of drug-likeness (QED) is 0.504. The second-order valence-corrected chi connectivity index (χ2v) is 5.25. The Morgan fingerprint density at radius 2 is 2.19 bits per heavy atom. The van der Waals surface area contributed by atoms with Gasteiger partial charge < -0.3 is 4.42 Å². The molecule has 1 aromatic heterocycles. The lowest BCUT2D eigenvalue weighted by molar-refractivity contribution is 0.557. The molecule has 0 atom stereocenters. The van der Waals surface area contributed by atoms with Gasteiger partial charge >= 0.3 is 0 Å². The Balaban J connectivity index is 2.16. The van der Waals surface area contributed by atoms with Gasteiger partial charge in [-0.2, -0.15) is 12.6 Å². The van der Waals surface area contributed by atoms with Gasteiger partial charge in [0, 0.05) is 0 Å². The van der Waals surface area contributed by atoms with Gasteiger partial charge in [-0.1, -0.05) is 12.1 Å². The van der Waals surface area contributed by atoms with Crippen molar-refractivity contribution in [2.24, 2.45) is 0 Å². The summed E-state index contributed by atoms with van der Waals surface area (Å²) >= 11 is 11.2. The van der Waals surface area contributed by atoms with Crippen molar-refractivity contribution in [3.63, 3.8) is 0 Å². The maximum absolute atomic E-state index is 5.51. The average molecular weight is 271 g/mol. The molecule has 1 aromatic carbocycles. The summed E-state index contributed by atoms with van der Waals surface area (Å²) in [5.74, 6) is 2.89. The van der Waals surface area contributed by atoms with Gasteiger partial charge in [-0.05, 0) is 42.3 Å². The highest BCUT2D eigenvalue weighted by Crippen LogP contribution is 2.19. The molecular weight excluding hydrogens is 258 g/mol. The summed E-state index contributed by atoms with van der Waals surface area (Å²) in [4.78, 5) is 0.555. The molecule has 2 nitrogen and oxygen atoms in total. The lowest BCUT2D eigenvalue weighted by Gasteiger charge is -2.02. The molecule has 0 unspecified atom stereocenters. The van der Waals surface area contributed by atoms with Crippen molar-refractivity contribution in [3.05, 3.63) is 29.1 Å². The molecule has 0 aliphatic rings. The van der Waals surface area contributed by atoms with Crippen molar-refractivity contribution in [1.29, 1.82) is 0 Å². The largest absolute Gasteiger partial charge is 0.429 e. The first-order valence-electron chi connectivity index (χ1n) is 5.10. The maximum atomic E-state index is 5.51. The number of hydrogen-bond donors (Lipinski definition) is 1. The number of hydrogen-bond acceptors (Lipinski definition) is 4. The molecule has 0 bridgehead atoms. The molecule has 5 heteroatoms. The predicted molar refractivity (Wildman–Crippen MR) is 76.0 cm³/mol. The summed E-state index contributed by atoms with van der Waals surface area (Å²) in [6.07, 6.45) is 1.12. The molecule has 1 heterocycles. The van der Waals surface area contributed by atoms with Crippen LogP contribution in [-0.4, -0.2) is 16.1 Å². The summed E-state index contributed by atoms with van der Waals surface area (Å²) in [6, 6.07) is 7.94. The van der Waals surface area contributed by atoms with Crippen LogP contribution in [0, 0.1) is 4.84 Å². The second kappa shape index (κ2) is 5.80. The van der Waals surface area contributed by atoms with Crippen LogP contribution >= 0.6 is 36.6 Å². The van der Waals surface area contributed by atoms with E-state index >= 15 is 0 Å². The number of rotatable bonds is 5. The third kappa shape index (κ3) is 2.64. The van der Waals surface area contributed by atoms with Crippen molar-refractivity contribution in [1.82, 2.24) is 4.57 Å². The highest BCUT2D eigenvalue weighted by atomic mass is 32.2. The maximum Gasteiger partial charge on any atom is 0.270 e. The first-order chi connectivity index (χ1) is 7.83. The van der Waals surface area contributed by atoms with Crippen LogP contribution in [-0.2, 0) is 5.88 Å². The molecule has 0 amide bonds. The van der Waals surface area contributed by atoms with Crippen molar-refractivity contribution in [3.8, 4) is 0 Å². The molecular formula is C11H13NOS3. The molecule has 2 aromatic rings. The number of thioether (sulfide) groups is 1. The highest BCUT2D eigenvalue weighted by Gasteiger charge is 2.04. The van der Waals surface area contributed by atoms with Crippen molar-refractivity contribution < 1.29 is 4.42 Å². The molecule has 0 aliphatic heterocycles. The summed E-state index contributed by atoms with van der Waals surface area (Å²) in [5.41, 5.74) is 1.94. The predicted octanol–water partition coefficient (Wildman–Crippen LogP) is 3.97. The Morgan fingerprint density at radius 1 is 1.38 bits per heavy atom. The molecule has 0 saturated carbocycles. The fraction of sp³-hybridized carbons (Fsp3) is 0.364. The molecule has 0 spiro atoms. The Labute approximate surface area is 109 Å². The van der Waals surface area contributed by atoms with Gasteiger partial charge in [-0.15, -0.1) is 11.8 Å². The molecule has 2 rings (SSSR count). The first-order valence-corrected chi connectivity index (χ1v) is 7.29. The van der Waals surface area contributed by atoms with Crippen LogP contribution < -0.4 is 0 Å². The molecule has 0 N–H and O–H groups in total. The smallest absolute Gasteiger partial charge is 0.270 e. The number of para-hydroxylation sites is 2. The van der Waals surface area contributed by atoms with E-state index in [0.29, 0.717) is 4.84 Å². The zero-order valence-corrected chi connectivity index (χ0v) is 11.3. The SMILES string of the molecule is S=c1oc2ccccc2n1CSCCCS. The Morgan fingerprint density at radius 3 is 3.00 bits per heavy atom. The Bertz CT molecular complexity index is 517. The van der Waals surface area contributed by atoms with Crippen LogP contribution in [0.1, 0.15) is 6.42 Å². The normalized spacial score (nSPS) is 11.1. The van der Waals surface area contributed by atoms with Crippen LogP contribution in [0.15, 0.2) is 28.7 Å². The van der Waals surface area contributed by atoms with Crippen LogP contribution in [0.25, 0.3) is 11.1 Å². The minimum absolute atomic E-state index is 0.555. The van der Waals surface area contributed by atoms with E-state index in [-0.39, 0.29) is 0 Å².